The van der Waals surface area contributed by atoms with Crippen molar-refractivity contribution in [3.05, 3.63) is 40.7 Å². The minimum absolute atomic E-state index is 0.0469. The minimum atomic E-state index is -0.632. The van der Waals surface area contributed by atoms with Crippen molar-refractivity contribution in [2.45, 2.75) is 31.1 Å². The summed E-state index contributed by atoms with van der Waals surface area (Å²) in [6.07, 6.45) is 2.35. The first-order chi connectivity index (χ1) is 11.1. The molecule has 1 saturated carbocycles. The quantitative estimate of drug-likeness (QED) is 0.907. The van der Waals surface area contributed by atoms with E-state index in [0.717, 1.165) is 18.5 Å². The molecule has 1 aliphatic heterocycles. The van der Waals surface area contributed by atoms with Crippen LogP contribution in [0.5, 0.6) is 0 Å². The molecule has 0 radical (unpaired) electrons. The molecule has 2 N–H and O–H groups in total. The summed E-state index contributed by atoms with van der Waals surface area (Å²) in [5.41, 5.74) is 2.01. The average molecular weight is 331 g/mol. The number of aromatic nitrogens is 1. The van der Waals surface area contributed by atoms with Gasteiger partial charge in [0.2, 0.25) is 11.8 Å². The number of carbonyl (C=O) groups excluding carboxylic acids is 2. The number of nitrogens with one attached hydrogen (secondary N) is 2. The van der Waals surface area contributed by atoms with E-state index in [-0.39, 0.29) is 18.2 Å². The zero-order valence-electron chi connectivity index (χ0n) is 12.1. The maximum atomic E-state index is 13.3. The topological polar surface area (TPSA) is 71.1 Å². The fourth-order valence-electron chi connectivity index (χ4n) is 2.77. The largest absolute Gasteiger partial charge is 0.326 e. The molecule has 2 amide bonds. The first-order valence-electron chi connectivity index (χ1n) is 7.46. The van der Waals surface area contributed by atoms with Crippen LogP contribution in [0, 0.1) is 5.82 Å². The SMILES string of the molecule is O=C1C[C@H](C(=O)Nc2nc(C3CC3)cs2)c2ccc(F)cc2N1. The number of fused-ring (bicyclic) bond motifs is 1. The highest BCUT2D eigenvalue weighted by Gasteiger charge is 2.32. The molecule has 1 aliphatic carbocycles. The molecule has 1 aromatic heterocycles. The molecule has 118 valence electrons. The van der Waals surface area contributed by atoms with Crippen molar-refractivity contribution < 1.29 is 14.0 Å². The standard InChI is InChI=1S/C16H14FN3O2S/c17-9-3-4-10-11(6-14(21)18-12(10)5-9)15(22)20-16-19-13(7-23-16)8-1-2-8/h3-5,7-8,11H,1-2,6H2,(H,18,21)(H,19,20,22)/t11-/m0/s1. The van der Waals surface area contributed by atoms with Crippen LogP contribution in [0.2, 0.25) is 0 Å². The number of anilines is 2. The summed E-state index contributed by atoms with van der Waals surface area (Å²) in [6.45, 7) is 0. The van der Waals surface area contributed by atoms with Gasteiger partial charge in [0.15, 0.2) is 5.13 Å². The summed E-state index contributed by atoms with van der Waals surface area (Å²) in [5, 5.41) is 7.90. The van der Waals surface area contributed by atoms with Gasteiger partial charge in [-0.3, -0.25) is 9.59 Å². The Morgan fingerprint density at radius 3 is 3.00 bits per heavy atom. The molecule has 0 bridgehead atoms. The van der Waals surface area contributed by atoms with Gasteiger partial charge in [-0.15, -0.1) is 11.3 Å². The number of thiazole rings is 1. The molecule has 0 saturated heterocycles. The number of nitrogens with zero attached hydrogens (tertiary/aromatic N) is 1. The van der Waals surface area contributed by atoms with Crippen LogP contribution in [0.1, 0.15) is 42.4 Å². The van der Waals surface area contributed by atoms with E-state index in [0.29, 0.717) is 22.3 Å². The maximum Gasteiger partial charge on any atom is 0.234 e. The number of benzene rings is 1. The smallest absolute Gasteiger partial charge is 0.234 e. The van der Waals surface area contributed by atoms with E-state index in [1.807, 2.05) is 5.38 Å². The van der Waals surface area contributed by atoms with E-state index >= 15 is 0 Å². The lowest BCUT2D eigenvalue weighted by Crippen LogP contribution is -2.30. The molecule has 7 heteroatoms. The van der Waals surface area contributed by atoms with E-state index < -0.39 is 11.7 Å². The predicted molar refractivity (Wildman–Crippen MR) is 85.1 cm³/mol. The van der Waals surface area contributed by atoms with Crippen LogP contribution in [-0.2, 0) is 9.59 Å². The molecule has 0 unspecified atom stereocenters. The Hall–Kier alpha value is -2.28. The minimum Gasteiger partial charge on any atom is -0.326 e. The molecule has 2 aliphatic rings. The van der Waals surface area contributed by atoms with Gasteiger partial charge in [0.25, 0.3) is 0 Å². The van der Waals surface area contributed by atoms with Crippen LogP contribution in [0.4, 0.5) is 15.2 Å². The van der Waals surface area contributed by atoms with Gasteiger partial charge in [-0.05, 0) is 30.5 Å². The summed E-state index contributed by atoms with van der Waals surface area (Å²) in [5.74, 6) is -1.13. The fourth-order valence-corrected chi connectivity index (χ4v) is 3.57. The van der Waals surface area contributed by atoms with E-state index in [9.17, 15) is 14.0 Å². The lowest BCUT2D eigenvalue weighted by molar-refractivity contribution is -0.123. The number of carbonyl (C=O) groups is 2. The van der Waals surface area contributed by atoms with Crippen molar-refractivity contribution in [2.24, 2.45) is 0 Å². The van der Waals surface area contributed by atoms with Crippen LogP contribution in [-0.4, -0.2) is 16.8 Å². The molecular weight excluding hydrogens is 317 g/mol. The van der Waals surface area contributed by atoms with Gasteiger partial charge in [-0.25, -0.2) is 9.37 Å². The number of hydrogen-bond donors (Lipinski definition) is 2. The second-order valence-corrected chi connectivity index (χ2v) is 6.74. The van der Waals surface area contributed by atoms with Crippen molar-refractivity contribution in [1.29, 1.82) is 0 Å². The number of amides is 2. The Kier molecular flexibility index (Phi) is 3.37. The van der Waals surface area contributed by atoms with Gasteiger partial charge >= 0.3 is 0 Å². The molecule has 4 rings (SSSR count). The van der Waals surface area contributed by atoms with Crippen molar-refractivity contribution in [2.75, 3.05) is 10.6 Å². The summed E-state index contributed by atoms with van der Waals surface area (Å²) < 4.78 is 13.3. The number of halogens is 1. The van der Waals surface area contributed by atoms with Crippen LogP contribution in [0.3, 0.4) is 0 Å². The van der Waals surface area contributed by atoms with E-state index in [4.69, 9.17) is 0 Å². The highest BCUT2D eigenvalue weighted by molar-refractivity contribution is 7.13. The third kappa shape index (κ3) is 2.84. The van der Waals surface area contributed by atoms with Gasteiger partial charge in [0, 0.05) is 23.4 Å². The van der Waals surface area contributed by atoms with Gasteiger partial charge < -0.3 is 10.6 Å². The normalized spacial score (nSPS) is 19.9. The van der Waals surface area contributed by atoms with Gasteiger partial charge in [0.05, 0.1) is 11.6 Å². The van der Waals surface area contributed by atoms with Gasteiger partial charge in [-0.1, -0.05) is 6.07 Å². The predicted octanol–water partition coefficient (Wildman–Crippen LogP) is 3.22. The Morgan fingerprint density at radius 2 is 2.22 bits per heavy atom. The van der Waals surface area contributed by atoms with Crippen LogP contribution < -0.4 is 10.6 Å². The fraction of sp³-hybridized carbons (Fsp3) is 0.312. The second kappa shape index (κ2) is 5.42. The molecule has 1 fully saturated rings. The van der Waals surface area contributed by atoms with Crippen molar-refractivity contribution in [3.63, 3.8) is 0 Å². The first-order valence-corrected chi connectivity index (χ1v) is 8.33. The van der Waals surface area contributed by atoms with E-state index in [1.54, 1.807) is 6.07 Å². The highest BCUT2D eigenvalue weighted by atomic mass is 32.1. The second-order valence-electron chi connectivity index (χ2n) is 5.88. The van der Waals surface area contributed by atoms with Crippen LogP contribution >= 0.6 is 11.3 Å². The number of hydrogen-bond acceptors (Lipinski definition) is 4. The maximum absolute atomic E-state index is 13.3. The molecule has 2 aromatic rings. The highest BCUT2D eigenvalue weighted by Crippen LogP contribution is 2.41. The zero-order chi connectivity index (χ0) is 16.0. The summed E-state index contributed by atoms with van der Waals surface area (Å²) in [4.78, 5) is 28.7. The Bertz CT molecular complexity index is 800. The van der Waals surface area contributed by atoms with Gasteiger partial charge in [-0.2, -0.15) is 0 Å². The molecule has 0 spiro atoms. The monoisotopic (exact) mass is 331 g/mol. The summed E-state index contributed by atoms with van der Waals surface area (Å²) in [6, 6.07) is 4.08. The Labute approximate surface area is 135 Å². The molecule has 2 heterocycles. The molecule has 1 aromatic carbocycles. The van der Waals surface area contributed by atoms with E-state index in [1.165, 1.54) is 23.5 Å². The lowest BCUT2D eigenvalue weighted by atomic mass is 9.90. The van der Waals surface area contributed by atoms with E-state index in [2.05, 4.69) is 15.6 Å². The first kappa shape index (κ1) is 14.3. The number of rotatable bonds is 3. The molecular formula is C16H14FN3O2S. The Morgan fingerprint density at radius 1 is 1.39 bits per heavy atom. The van der Waals surface area contributed by atoms with Crippen LogP contribution in [0.25, 0.3) is 0 Å². The van der Waals surface area contributed by atoms with Crippen molar-refractivity contribution >= 4 is 34.0 Å². The third-order valence-electron chi connectivity index (χ3n) is 4.12. The third-order valence-corrected chi connectivity index (χ3v) is 4.89. The summed E-state index contributed by atoms with van der Waals surface area (Å²) in [7, 11) is 0. The molecule has 5 nitrogen and oxygen atoms in total. The van der Waals surface area contributed by atoms with Crippen molar-refractivity contribution in [1.82, 2.24) is 4.98 Å². The van der Waals surface area contributed by atoms with Crippen molar-refractivity contribution in [3.8, 4) is 0 Å². The Balaban J connectivity index is 1.56. The zero-order valence-corrected chi connectivity index (χ0v) is 13.0. The average Bonchev–Trinajstić information content (AvgIpc) is 3.26. The summed E-state index contributed by atoms with van der Waals surface area (Å²) >= 11 is 1.39. The molecule has 23 heavy (non-hydrogen) atoms. The lowest BCUT2D eigenvalue weighted by Gasteiger charge is -2.24. The van der Waals surface area contributed by atoms with Gasteiger partial charge in [0.1, 0.15) is 5.82 Å². The van der Waals surface area contributed by atoms with Crippen LogP contribution in [0.15, 0.2) is 23.6 Å². The molecule has 1 atom stereocenters.